The topological polar surface area (TPSA) is 69.6 Å². The van der Waals surface area contributed by atoms with Crippen LogP contribution in [0, 0.1) is 11.3 Å². The molecule has 0 spiro atoms. The fourth-order valence-corrected chi connectivity index (χ4v) is 3.96. The maximum atomic E-state index is 13.7. The molecule has 0 bridgehead atoms. The third-order valence-electron chi connectivity index (χ3n) is 5.23. The number of nitrogens with one attached hydrogen (secondary N) is 1. The number of aliphatic carboxylic acids is 1. The highest BCUT2D eigenvalue weighted by Gasteiger charge is 2.55. The van der Waals surface area contributed by atoms with Crippen LogP contribution in [-0.2, 0) is 10.7 Å². The van der Waals surface area contributed by atoms with Crippen molar-refractivity contribution < 1.29 is 23.5 Å². The lowest BCUT2D eigenvalue weighted by Crippen LogP contribution is -2.39. The van der Waals surface area contributed by atoms with Crippen molar-refractivity contribution in [3.63, 3.8) is 0 Å². The van der Waals surface area contributed by atoms with E-state index in [9.17, 15) is 23.5 Å². The Kier molecular flexibility index (Phi) is 3.97. The molecule has 1 saturated heterocycles. The average molecular weight is 338 g/mol. The first-order chi connectivity index (χ1) is 11.2. The summed E-state index contributed by atoms with van der Waals surface area (Å²) in [5.74, 6) is -4.02. The Hall–Kier alpha value is -2.18. The predicted molar refractivity (Wildman–Crippen MR) is 84.0 cm³/mol. The van der Waals surface area contributed by atoms with Crippen molar-refractivity contribution in [3.8, 4) is 0 Å². The summed E-state index contributed by atoms with van der Waals surface area (Å²) in [4.78, 5) is 25.6. The predicted octanol–water partition coefficient (Wildman–Crippen LogP) is 3.52. The molecular formula is C17H20F2N2O3. The molecule has 0 radical (unpaired) electrons. The summed E-state index contributed by atoms with van der Waals surface area (Å²) in [7, 11) is 0. The monoisotopic (exact) mass is 338 g/mol. The number of anilines is 1. The van der Waals surface area contributed by atoms with Gasteiger partial charge in [-0.05, 0) is 24.8 Å². The van der Waals surface area contributed by atoms with E-state index in [-0.39, 0.29) is 23.7 Å². The van der Waals surface area contributed by atoms with Gasteiger partial charge in [-0.25, -0.2) is 13.6 Å². The van der Waals surface area contributed by atoms with Crippen molar-refractivity contribution in [1.29, 1.82) is 0 Å². The van der Waals surface area contributed by atoms with E-state index >= 15 is 0 Å². The summed E-state index contributed by atoms with van der Waals surface area (Å²) >= 11 is 0. The normalized spacial score (nSPS) is 26.3. The Labute approximate surface area is 138 Å². The number of amides is 2. The molecule has 3 rings (SSSR count). The number of nitrogens with zero attached hydrogens (tertiary/aromatic N) is 1. The highest BCUT2D eigenvalue weighted by Crippen LogP contribution is 2.49. The number of rotatable bonds is 3. The van der Waals surface area contributed by atoms with Gasteiger partial charge in [0.05, 0.1) is 11.1 Å². The van der Waals surface area contributed by atoms with Crippen LogP contribution in [0.2, 0.25) is 0 Å². The molecule has 2 aliphatic rings. The minimum absolute atomic E-state index is 0.0523. The third kappa shape index (κ3) is 2.72. The van der Waals surface area contributed by atoms with Crippen LogP contribution < -0.4 is 5.32 Å². The maximum absolute atomic E-state index is 13.7. The second-order valence-corrected chi connectivity index (χ2v) is 6.80. The Morgan fingerprint density at radius 2 is 2.08 bits per heavy atom. The van der Waals surface area contributed by atoms with Gasteiger partial charge in [-0.3, -0.25) is 4.79 Å². The number of carboxylic acid groups (broad SMARTS) is 1. The smallest absolute Gasteiger partial charge is 0.321 e. The van der Waals surface area contributed by atoms with Gasteiger partial charge in [0.15, 0.2) is 0 Å². The largest absolute Gasteiger partial charge is 0.481 e. The van der Waals surface area contributed by atoms with E-state index in [0.29, 0.717) is 13.0 Å². The Morgan fingerprint density at radius 3 is 2.71 bits per heavy atom. The van der Waals surface area contributed by atoms with Crippen LogP contribution in [-0.4, -0.2) is 35.1 Å². The zero-order valence-electron chi connectivity index (χ0n) is 13.4. The SMILES string of the molecule is CC(F)(F)c1ccccc1NC(=O)N1C[C@@H]2CCC[C@@]2(C(=O)O)C1. The molecule has 2 fully saturated rings. The van der Waals surface area contributed by atoms with E-state index < -0.39 is 23.3 Å². The molecule has 7 heteroatoms. The number of para-hydroxylation sites is 1. The Balaban J connectivity index is 1.77. The van der Waals surface area contributed by atoms with E-state index in [1.54, 1.807) is 6.07 Å². The van der Waals surface area contributed by atoms with Crippen molar-refractivity contribution in [2.24, 2.45) is 11.3 Å². The molecule has 1 aliphatic heterocycles. The second kappa shape index (κ2) is 5.72. The first-order valence-corrected chi connectivity index (χ1v) is 8.01. The summed E-state index contributed by atoms with van der Waals surface area (Å²) in [5.41, 5.74) is -1.09. The minimum Gasteiger partial charge on any atom is -0.481 e. The molecule has 1 aromatic carbocycles. The lowest BCUT2D eigenvalue weighted by atomic mass is 9.81. The van der Waals surface area contributed by atoms with Crippen molar-refractivity contribution >= 4 is 17.7 Å². The minimum atomic E-state index is -3.08. The van der Waals surface area contributed by atoms with Crippen LogP contribution in [0.4, 0.5) is 19.3 Å². The highest BCUT2D eigenvalue weighted by molar-refractivity contribution is 5.91. The molecule has 5 nitrogen and oxygen atoms in total. The van der Waals surface area contributed by atoms with E-state index in [4.69, 9.17) is 0 Å². The number of urea groups is 1. The zero-order valence-corrected chi connectivity index (χ0v) is 13.4. The fourth-order valence-electron chi connectivity index (χ4n) is 3.96. The summed E-state index contributed by atoms with van der Waals surface area (Å²) < 4.78 is 27.3. The van der Waals surface area contributed by atoms with Crippen molar-refractivity contribution in [2.45, 2.75) is 32.1 Å². The first-order valence-electron chi connectivity index (χ1n) is 8.01. The number of hydrogen-bond donors (Lipinski definition) is 2. The average Bonchev–Trinajstić information content (AvgIpc) is 3.04. The number of halogens is 2. The van der Waals surface area contributed by atoms with Gasteiger partial charge in [-0.15, -0.1) is 0 Å². The van der Waals surface area contributed by atoms with Crippen LogP contribution in [0.5, 0.6) is 0 Å². The lowest BCUT2D eigenvalue weighted by molar-refractivity contribution is -0.149. The van der Waals surface area contributed by atoms with E-state index in [1.165, 1.54) is 23.1 Å². The number of benzene rings is 1. The quantitative estimate of drug-likeness (QED) is 0.886. The number of alkyl halides is 2. The van der Waals surface area contributed by atoms with Crippen LogP contribution in [0.25, 0.3) is 0 Å². The molecule has 1 heterocycles. The van der Waals surface area contributed by atoms with Gasteiger partial charge in [0, 0.05) is 25.6 Å². The molecule has 1 aromatic rings. The van der Waals surface area contributed by atoms with Gasteiger partial charge in [0.2, 0.25) is 0 Å². The molecule has 1 saturated carbocycles. The summed E-state index contributed by atoms with van der Waals surface area (Å²) in [6.45, 7) is 1.25. The summed E-state index contributed by atoms with van der Waals surface area (Å²) in [5, 5.41) is 12.1. The third-order valence-corrected chi connectivity index (χ3v) is 5.23. The summed E-state index contributed by atoms with van der Waals surface area (Å²) in [6, 6.07) is 5.23. The number of likely N-dealkylation sites (tertiary alicyclic amines) is 1. The van der Waals surface area contributed by atoms with Gasteiger partial charge in [0.25, 0.3) is 5.92 Å². The van der Waals surface area contributed by atoms with Gasteiger partial charge >= 0.3 is 12.0 Å². The molecule has 24 heavy (non-hydrogen) atoms. The summed E-state index contributed by atoms with van der Waals surface area (Å²) in [6.07, 6.45) is 2.18. The second-order valence-electron chi connectivity index (χ2n) is 6.80. The van der Waals surface area contributed by atoms with Gasteiger partial charge in [0.1, 0.15) is 0 Å². The zero-order chi connectivity index (χ0) is 17.5. The molecule has 0 aromatic heterocycles. The van der Waals surface area contributed by atoms with Crippen LogP contribution in [0.3, 0.4) is 0 Å². The van der Waals surface area contributed by atoms with Crippen LogP contribution in [0.15, 0.2) is 24.3 Å². The van der Waals surface area contributed by atoms with E-state index in [2.05, 4.69) is 5.32 Å². The van der Waals surface area contributed by atoms with Crippen LogP contribution >= 0.6 is 0 Å². The van der Waals surface area contributed by atoms with Crippen molar-refractivity contribution in [1.82, 2.24) is 4.90 Å². The highest BCUT2D eigenvalue weighted by atomic mass is 19.3. The number of fused-ring (bicyclic) bond motifs is 1. The molecular weight excluding hydrogens is 318 g/mol. The van der Waals surface area contributed by atoms with Crippen molar-refractivity contribution in [2.75, 3.05) is 18.4 Å². The number of carboxylic acids is 1. The Morgan fingerprint density at radius 1 is 1.38 bits per heavy atom. The standard InChI is InChI=1S/C17H20F2N2O3/c1-16(18,19)12-6-2-3-7-13(12)20-15(24)21-9-11-5-4-8-17(11,10-21)14(22)23/h2-3,6-7,11H,4-5,8-10H2,1H3,(H,20,24)(H,22,23)/t11-,17+/m0/s1. The molecule has 130 valence electrons. The van der Waals surface area contributed by atoms with E-state index in [1.807, 2.05) is 0 Å². The van der Waals surface area contributed by atoms with Gasteiger partial charge in [-0.2, -0.15) is 0 Å². The number of hydrogen-bond acceptors (Lipinski definition) is 2. The molecule has 2 atom stereocenters. The molecule has 2 N–H and O–H groups in total. The molecule has 0 unspecified atom stereocenters. The number of carbonyl (C=O) groups is 2. The van der Waals surface area contributed by atoms with E-state index in [0.717, 1.165) is 19.8 Å². The molecule has 2 amide bonds. The maximum Gasteiger partial charge on any atom is 0.321 e. The first kappa shape index (κ1) is 16.7. The van der Waals surface area contributed by atoms with Crippen molar-refractivity contribution in [3.05, 3.63) is 29.8 Å². The lowest BCUT2D eigenvalue weighted by Gasteiger charge is -2.24. The van der Waals surface area contributed by atoms with Gasteiger partial charge in [-0.1, -0.05) is 24.6 Å². The molecule has 1 aliphatic carbocycles. The van der Waals surface area contributed by atoms with Gasteiger partial charge < -0.3 is 15.3 Å². The van der Waals surface area contributed by atoms with Crippen LogP contribution in [0.1, 0.15) is 31.7 Å². The Bertz CT molecular complexity index is 674. The fraction of sp³-hybridized carbons (Fsp3) is 0.529. The number of carbonyl (C=O) groups excluding carboxylic acids is 1.